The first-order valence-electron chi connectivity index (χ1n) is 5.04. The molecule has 16 heavy (non-hydrogen) atoms. The topological polar surface area (TPSA) is 47.9 Å². The van der Waals surface area contributed by atoms with Crippen molar-refractivity contribution in [1.29, 1.82) is 0 Å². The third kappa shape index (κ3) is 2.61. The van der Waals surface area contributed by atoms with Crippen molar-refractivity contribution >= 4 is 6.08 Å². The molecular weight excluding hydrogens is 206 g/mol. The normalized spacial score (nSPS) is 9.44. The molecule has 4 nitrogen and oxygen atoms in total. The maximum atomic E-state index is 10.1. The average Bonchev–Trinajstić information content (AvgIpc) is 2.35. The summed E-state index contributed by atoms with van der Waals surface area (Å²) in [5, 5.41) is 0. The molecule has 0 N–H and O–H groups in total. The molecule has 0 aliphatic rings. The standard InChI is InChI=1S/C12H15NO3/c1-4-9-5-10(7-13-8-14)12(16-3)6-11(9)15-2/h5-6H,4,7H2,1-3H3. The fraction of sp³-hybridized carbons (Fsp3) is 0.417. The summed E-state index contributed by atoms with van der Waals surface area (Å²) in [6.45, 7) is 2.32. The predicted octanol–water partition coefficient (Wildman–Crippen LogP) is 2.10. The summed E-state index contributed by atoms with van der Waals surface area (Å²) in [5.41, 5.74) is 1.93. The summed E-state index contributed by atoms with van der Waals surface area (Å²) >= 11 is 0. The molecule has 0 atom stereocenters. The Morgan fingerprint density at radius 2 is 1.81 bits per heavy atom. The first kappa shape index (κ1) is 12.3. The van der Waals surface area contributed by atoms with Crippen LogP contribution in [0.1, 0.15) is 18.1 Å². The average molecular weight is 221 g/mol. The minimum Gasteiger partial charge on any atom is -0.496 e. The third-order valence-corrected chi connectivity index (χ3v) is 2.38. The van der Waals surface area contributed by atoms with Gasteiger partial charge in [0.25, 0.3) is 0 Å². The zero-order valence-corrected chi connectivity index (χ0v) is 9.74. The van der Waals surface area contributed by atoms with Crippen LogP contribution in [0, 0.1) is 0 Å². The van der Waals surface area contributed by atoms with E-state index in [-0.39, 0.29) is 6.54 Å². The maximum Gasteiger partial charge on any atom is 0.235 e. The van der Waals surface area contributed by atoms with E-state index in [1.54, 1.807) is 14.2 Å². The van der Waals surface area contributed by atoms with Crippen molar-refractivity contribution in [2.24, 2.45) is 4.99 Å². The molecule has 0 heterocycles. The molecular formula is C12H15NO3. The minimum absolute atomic E-state index is 0.281. The summed E-state index contributed by atoms with van der Waals surface area (Å²) in [6, 6.07) is 3.76. The van der Waals surface area contributed by atoms with Crippen molar-refractivity contribution in [2.75, 3.05) is 14.2 Å². The lowest BCUT2D eigenvalue weighted by Crippen LogP contribution is -1.97. The van der Waals surface area contributed by atoms with Gasteiger partial charge in [0.1, 0.15) is 11.5 Å². The summed E-state index contributed by atoms with van der Waals surface area (Å²) in [4.78, 5) is 13.7. The molecule has 1 rings (SSSR count). The number of hydrogen-bond donors (Lipinski definition) is 0. The van der Waals surface area contributed by atoms with Crippen molar-refractivity contribution in [2.45, 2.75) is 19.9 Å². The van der Waals surface area contributed by atoms with Gasteiger partial charge in [0.15, 0.2) is 0 Å². The predicted molar refractivity (Wildman–Crippen MR) is 60.7 cm³/mol. The molecule has 0 unspecified atom stereocenters. The first-order chi connectivity index (χ1) is 7.76. The van der Waals surface area contributed by atoms with E-state index in [4.69, 9.17) is 9.47 Å². The highest BCUT2D eigenvalue weighted by atomic mass is 16.5. The molecule has 86 valence electrons. The summed E-state index contributed by atoms with van der Waals surface area (Å²) in [6.07, 6.45) is 2.37. The first-order valence-corrected chi connectivity index (χ1v) is 5.04. The Bertz CT molecular complexity index is 409. The molecule has 0 amide bonds. The van der Waals surface area contributed by atoms with Gasteiger partial charge in [-0.15, -0.1) is 0 Å². The van der Waals surface area contributed by atoms with Crippen LogP contribution in [-0.2, 0) is 17.8 Å². The Morgan fingerprint density at radius 1 is 1.19 bits per heavy atom. The number of hydrogen-bond acceptors (Lipinski definition) is 4. The van der Waals surface area contributed by atoms with E-state index in [0.717, 1.165) is 23.3 Å². The van der Waals surface area contributed by atoms with Crippen molar-refractivity contribution in [1.82, 2.24) is 0 Å². The van der Waals surface area contributed by atoms with Gasteiger partial charge in [0.05, 0.1) is 20.8 Å². The number of aryl methyl sites for hydroxylation is 1. The van der Waals surface area contributed by atoms with Crippen LogP contribution < -0.4 is 9.47 Å². The highest BCUT2D eigenvalue weighted by Crippen LogP contribution is 2.29. The van der Waals surface area contributed by atoms with Crippen LogP contribution in [0.3, 0.4) is 0 Å². The molecule has 0 aromatic heterocycles. The van der Waals surface area contributed by atoms with Gasteiger partial charge in [-0.3, -0.25) is 0 Å². The molecule has 0 radical (unpaired) electrons. The van der Waals surface area contributed by atoms with Gasteiger partial charge in [0.2, 0.25) is 6.08 Å². The molecule has 1 aromatic rings. The molecule has 0 spiro atoms. The SMILES string of the molecule is CCc1cc(CN=C=O)c(OC)cc1OC. The van der Waals surface area contributed by atoms with Crippen LogP contribution in [0.2, 0.25) is 0 Å². The molecule has 0 aliphatic carbocycles. The fourth-order valence-corrected chi connectivity index (χ4v) is 1.55. The Hall–Kier alpha value is -1.80. The summed E-state index contributed by atoms with van der Waals surface area (Å²) in [7, 11) is 3.20. The van der Waals surface area contributed by atoms with E-state index in [1.807, 2.05) is 19.1 Å². The second-order valence-corrected chi connectivity index (χ2v) is 3.24. The maximum absolute atomic E-state index is 10.1. The second-order valence-electron chi connectivity index (χ2n) is 3.24. The number of methoxy groups -OCH3 is 2. The van der Waals surface area contributed by atoms with Crippen LogP contribution in [0.5, 0.6) is 11.5 Å². The molecule has 0 fully saturated rings. The van der Waals surface area contributed by atoms with Gasteiger partial charge in [-0.25, -0.2) is 9.79 Å². The van der Waals surface area contributed by atoms with Crippen molar-refractivity contribution in [3.05, 3.63) is 23.3 Å². The lowest BCUT2D eigenvalue weighted by Gasteiger charge is -2.12. The zero-order valence-electron chi connectivity index (χ0n) is 9.74. The summed E-state index contributed by atoms with van der Waals surface area (Å²) in [5.74, 6) is 1.46. The smallest absolute Gasteiger partial charge is 0.235 e. The lowest BCUT2D eigenvalue weighted by molar-refractivity contribution is 0.388. The number of benzene rings is 1. The highest BCUT2D eigenvalue weighted by Gasteiger charge is 2.09. The quantitative estimate of drug-likeness (QED) is 0.565. The third-order valence-electron chi connectivity index (χ3n) is 2.38. The van der Waals surface area contributed by atoms with Crippen LogP contribution in [0.4, 0.5) is 0 Å². The molecule has 0 aliphatic heterocycles. The molecule has 0 saturated carbocycles. The molecule has 0 bridgehead atoms. The van der Waals surface area contributed by atoms with E-state index < -0.39 is 0 Å². The molecule has 1 aromatic carbocycles. The number of isocyanates is 1. The van der Waals surface area contributed by atoms with Crippen LogP contribution in [-0.4, -0.2) is 20.3 Å². The van der Waals surface area contributed by atoms with Crippen LogP contribution in [0.25, 0.3) is 0 Å². The zero-order chi connectivity index (χ0) is 12.0. The van der Waals surface area contributed by atoms with Crippen LogP contribution in [0.15, 0.2) is 17.1 Å². The van der Waals surface area contributed by atoms with E-state index in [1.165, 1.54) is 6.08 Å². The van der Waals surface area contributed by atoms with Crippen molar-refractivity contribution < 1.29 is 14.3 Å². The highest BCUT2D eigenvalue weighted by molar-refractivity contribution is 5.47. The monoisotopic (exact) mass is 221 g/mol. The van der Waals surface area contributed by atoms with Gasteiger partial charge in [-0.2, -0.15) is 0 Å². The van der Waals surface area contributed by atoms with Gasteiger partial charge in [0, 0.05) is 11.6 Å². The van der Waals surface area contributed by atoms with Crippen LogP contribution >= 0.6 is 0 Å². The van der Waals surface area contributed by atoms with Crippen molar-refractivity contribution in [3.8, 4) is 11.5 Å². The van der Waals surface area contributed by atoms with E-state index in [9.17, 15) is 4.79 Å². The minimum atomic E-state index is 0.281. The largest absolute Gasteiger partial charge is 0.496 e. The number of aliphatic imine (C=N–C) groups is 1. The molecule has 0 saturated heterocycles. The fourth-order valence-electron chi connectivity index (χ4n) is 1.55. The Balaban J connectivity index is 3.19. The van der Waals surface area contributed by atoms with Gasteiger partial charge < -0.3 is 9.47 Å². The molecule has 4 heteroatoms. The number of ether oxygens (including phenoxy) is 2. The van der Waals surface area contributed by atoms with Gasteiger partial charge >= 0.3 is 0 Å². The van der Waals surface area contributed by atoms with E-state index in [2.05, 4.69) is 4.99 Å². The number of rotatable bonds is 5. The van der Waals surface area contributed by atoms with E-state index in [0.29, 0.717) is 5.75 Å². The van der Waals surface area contributed by atoms with Gasteiger partial charge in [-0.05, 0) is 18.1 Å². The van der Waals surface area contributed by atoms with Crippen molar-refractivity contribution in [3.63, 3.8) is 0 Å². The number of carbonyl (C=O) groups excluding carboxylic acids is 1. The summed E-state index contributed by atoms with van der Waals surface area (Å²) < 4.78 is 10.5. The Labute approximate surface area is 94.9 Å². The number of nitrogens with zero attached hydrogens (tertiary/aromatic N) is 1. The van der Waals surface area contributed by atoms with E-state index >= 15 is 0 Å². The Morgan fingerprint density at radius 3 is 2.31 bits per heavy atom. The van der Waals surface area contributed by atoms with Gasteiger partial charge in [-0.1, -0.05) is 6.92 Å². The Kier molecular flexibility index (Phi) is 4.55. The second kappa shape index (κ2) is 5.93. The lowest BCUT2D eigenvalue weighted by atomic mass is 10.1.